The topological polar surface area (TPSA) is 15.3 Å². The lowest BCUT2D eigenvalue weighted by molar-refractivity contribution is 0.0756. The Kier molecular flexibility index (Phi) is 4.71. The molecule has 1 atom stereocenters. The molecule has 0 aromatic heterocycles. The van der Waals surface area contributed by atoms with Crippen LogP contribution in [-0.2, 0) is 0 Å². The SMILES string of the molecule is CC1CCNCCN1C1CCC(C(C)(C)C)CC1. The molecule has 0 radical (unpaired) electrons. The van der Waals surface area contributed by atoms with Gasteiger partial charge in [0, 0.05) is 25.2 Å². The maximum atomic E-state index is 3.54. The molecule has 2 heteroatoms. The Morgan fingerprint density at radius 2 is 1.61 bits per heavy atom. The summed E-state index contributed by atoms with van der Waals surface area (Å²) >= 11 is 0. The molecule has 2 rings (SSSR count). The molecular weight excluding hydrogens is 220 g/mol. The van der Waals surface area contributed by atoms with Crippen LogP contribution >= 0.6 is 0 Å². The highest BCUT2D eigenvalue weighted by molar-refractivity contribution is 4.87. The van der Waals surface area contributed by atoms with Crippen LogP contribution in [0.25, 0.3) is 0 Å². The van der Waals surface area contributed by atoms with Crippen molar-refractivity contribution in [2.45, 2.75) is 71.9 Å². The molecule has 0 spiro atoms. The van der Waals surface area contributed by atoms with Gasteiger partial charge in [-0.25, -0.2) is 0 Å². The fourth-order valence-corrected chi connectivity index (χ4v) is 3.85. The predicted molar refractivity (Wildman–Crippen MR) is 78.9 cm³/mol. The van der Waals surface area contributed by atoms with Gasteiger partial charge in [0.25, 0.3) is 0 Å². The van der Waals surface area contributed by atoms with Crippen LogP contribution in [0.1, 0.15) is 59.8 Å². The molecule has 1 heterocycles. The first-order chi connectivity index (χ1) is 8.48. The van der Waals surface area contributed by atoms with E-state index in [0.29, 0.717) is 5.41 Å². The standard InChI is InChI=1S/C16H32N2/c1-13-9-10-17-11-12-18(13)15-7-5-14(6-8-15)16(2,3)4/h13-15,17H,5-12H2,1-4H3. The van der Waals surface area contributed by atoms with Crippen molar-refractivity contribution in [3.05, 3.63) is 0 Å². The number of hydrogen-bond donors (Lipinski definition) is 1. The van der Waals surface area contributed by atoms with Gasteiger partial charge in [0.1, 0.15) is 0 Å². The predicted octanol–water partition coefficient (Wildman–Crippen LogP) is 3.28. The fourth-order valence-electron chi connectivity index (χ4n) is 3.85. The second kappa shape index (κ2) is 5.92. The van der Waals surface area contributed by atoms with E-state index in [1.165, 1.54) is 51.7 Å². The maximum Gasteiger partial charge on any atom is 0.0113 e. The lowest BCUT2D eigenvalue weighted by atomic mass is 9.71. The Bertz CT molecular complexity index is 248. The van der Waals surface area contributed by atoms with E-state index in [-0.39, 0.29) is 0 Å². The third kappa shape index (κ3) is 3.48. The zero-order chi connectivity index (χ0) is 13.2. The number of nitrogens with zero attached hydrogens (tertiary/aromatic N) is 1. The first kappa shape index (κ1) is 14.3. The molecule has 1 unspecified atom stereocenters. The third-order valence-electron chi connectivity index (χ3n) is 5.24. The highest BCUT2D eigenvalue weighted by Gasteiger charge is 2.33. The summed E-state index contributed by atoms with van der Waals surface area (Å²) in [5, 5.41) is 3.54. The fraction of sp³-hybridized carbons (Fsp3) is 1.00. The van der Waals surface area contributed by atoms with Crippen molar-refractivity contribution in [1.82, 2.24) is 10.2 Å². The minimum atomic E-state index is 0.511. The van der Waals surface area contributed by atoms with Crippen LogP contribution < -0.4 is 5.32 Å². The normalized spacial score (nSPS) is 36.3. The van der Waals surface area contributed by atoms with Gasteiger partial charge >= 0.3 is 0 Å². The average Bonchev–Trinajstić information content (AvgIpc) is 2.53. The van der Waals surface area contributed by atoms with Crippen LogP contribution in [0.4, 0.5) is 0 Å². The van der Waals surface area contributed by atoms with Gasteiger partial charge in [-0.15, -0.1) is 0 Å². The van der Waals surface area contributed by atoms with Crippen LogP contribution in [0, 0.1) is 11.3 Å². The Labute approximate surface area is 114 Å². The zero-order valence-electron chi connectivity index (χ0n) is 12.8. The summed E-state index contributed by atoms with van der Waals surface area (Å²) in [6.07, 6.45) is 7.04. The summed E-state index contributed by atoms with van der Waals surface area (Å²) < 4.78 is 0. The van der Waals surface area contributed by atoms with Crippen molar-refractivity contribution in [3.63, 3.8) is 0 Å². The quantitative estimate of drug-likeness (QED) is 0.770. The van der Waals surface area contributed by atoms with Gasteiger partial charge < -0.3 is 5.32 Å². The average molecular weight is 252 g/mol. The largest absolute Gasteiger partial charge is 0.315 e. The molecule has 2 nitrogen and oxygen atoms in total. The molecule has 0 bridgehead atoms. The van der Waals surface area contributed by atoms with Crippen LogP contribution in [0.5, 0.6) is 0 Å². The molecule has 1 N–H and O–H groups in total. The highest BCUT2D eigenvalue weighted by atomic mass is 15.2. The van der Waals surface area contributed by atoms with E-state index in [9.17, 15) is 0 Å². The van der Waals surface area contributed by atoms with Gasteiger partial charge in [-0.05, 0) is 56.9 Å². The number of nitrogens with one attached hydrogen (secondary N) is 1. The van der Waals surface area contributed by atoms with Crippen molar-refractivity contribution in [2.75, 3.05) is 19.6 Å². The molecule has 2 aliphatic rings. The second-order valence-corrected chi connectivity index (χ2v) is 7.50. The first-order valence-electron chi connectivity index (χ1n) is 7.95. The summed E-state index contributed by atoms with van der Waals surface area (Å²) in [6.45, 7) is 13.3. The van der Waals surface area contributed by atoms with Crippen LogP contribution in [0.15, 0.2) is 0 Å². The van der Waals surface area contributed by atoms with Crippen molar-refractivity contribution in [1.29, 1.82) is 0 Å². The van der Waals surface area contributed by atoms with E-state index in [0.717, 1.165) is 18.0 Å². The van der Waals surface area contributed by atoms with Crippen LogP contribution in [-0.4, -0.2) is 36.6 Å². The monoisotopic (exact) mass is 252 g/mol. The molecule has 1 aliphatic carbocycles. The van der Waals surface area contributed by atoms with E-state index >= 15 is 0 Å². The van der Waals surface area contributed by atoms with Gasteiger partial charge in [0.15, 0.2) is 0 Å². The van der Waals surface area contributed by atoms with Crippen molar-refractivity contribution >= 4 is 0 Å². The molecule has 106 valence electrons. The Morgan fingerprint density at radius 1 is 0.944 bits per heavy atom. The lowest BCUT2D eigenvalue weighted by Crippen LogP contribution is -2.45. The smallest absolute Gasteiger partial charge is 0.0113 e. The minimum absolute atomic E-state index is 0.511. The zero-order valence-corrected chi connectivity index (χ0v) is 12.8. The van der Waals surface area contributed by atoms with E-state index in [1.54, 1.807) is 0 Å². The molecule has 1 saturated heterocycles. The summed E-state index contributed by atoms with van der Waals surface area (Å²) in [7, 11) is 0. The molecular formula is C16H32N2. The molecule has 0 aromatic carbocycles. The third-order valence-corrected chi connectivity index (χ3v) is 5.24. The number of rotatable bonds is 1. The maximum absolute atomic E-state index is 3.54. The van der Waals surface area contributed by atoms with Crippen LogP contribution in [0.3, 0.4) is 0 Å². The molecule has 1 saturated carbocycles. The van der Waals surface area contributed by atoms with E-state index < -0.39 is 0 Å². The summed E-state index contributed by atoms with van der Waals surface area (Å²) in [5.41, 5.74) is 0.511. The van der Waals surface area contributed by atoms with Gasteiger partial charge in [0.05, 0.1) is 0 Å². The van der Waals surface area contributed by atoms with E-state index in [1.807, 2.05) is 0 Å². The van der Waals surface area contributed by atoms with Gasteiger partial charge in [-0.3, -0.25) is 4.90 Å². The summed E-state index contributed by atoms with van der Waals surface area (Å²) in [5.74, 6) is 0.939. The van der Waals surface area contributed by atoms with Gasteiger partial charge in [-0.1, -0.05) is 20.8 Å². The Morgan fingerprint density at radius 3 is 2.22 bits per heavy atom. The minimum Gasteiger partial charge on any atom is -0.315 e. The molecule has 2 fully saturated rings. The Hall–Kier alpha value is -0.0800. The second-order valence-electron chi connectivity index (χ2n) is 7.50. The van der Waals surface area contributed by atoms with Crippen molar-refractivity contribution in [3.8, 4) is 0 Å². The molecule has 18 heavy (non-hydrogen) atoms. The van der Waals surface area contributed by atoms with Gasteiger partial charge in [0.2, 0.25) is 0 Å². The molecule has 0 amide bonds. The molecule has 1 aliphatic heterocycles. The first-order valence-corrected chi connectivity index (χ1v) is 7.95. The summed E-state index contributed by atoms with van der Waals surface area (Å²) in [6, 6.07) is 1.63. The lowest BCUT2D eigenvalue weighted by Gasteiger charge is -2.42. The van der Waals surface area contributed by atoms with Crippen molar-refractivity contribution in [2.24, 2.45) is 11.3 Å². The van der Waals surface area contributed by atoms with Gasteiger partial charge in [-0.2, -0.15) is 0 Å². The Balaban J connectivity index is 1.88. The molecule has 0 aromatic rings. The van der Waals surface area contributed by atoms with E-state index in [2.05, 4.69) is 37.9 Å². The van der Waals surface area contributed by atoms with Crippen molar-refractivity contribution < 1.29 is 0 Å². The summed E-state index contributed by atoms with van der Waals surface area (Å²) in [4.78, 5) is 2.79. The number of hydrogen-bond acceptors (Lipinski definition) is 2. The van der Waals surface area contributed by atoms with Crippen LogP contribution in [0.2, 0.25) is 0 Å². The highest BCUT2D eigenvalue weighted by Crippen LogP contribution is 2.39. The van der Waals surface area contributed by atoms with E-state index in [4.69, 9.17) is 0 Å².